The topological polar surface area (TPSA) is 58.2 Å². The fourth-order valence-electron chi connectivity index (χ4n) is 2.02. The van der Waals surface area contributed by atoms with Gasteiger partial charge in [0.1, 0.15) is 0 Å². The molecule has 0 aromatic heterocycles. The molecule has 114 valence electrons. The van der Waals surface area contributed by atoms with Gasteiger partial charge < -0.3 is 10.6 Å². The summed E-state index contributed by atoms with van der Waals surface area (Å²) in [5, 5.41) is 5.82. The molecule has 0 aliphatic rings. The predicted octanol–water partition coefficient (Wildman–Crippen LogP) is 2.95. The van der Waals surface area contributed by atoms with Gasteiger partial charge in [0.15, 0.2) is 0 Å². The number of carbonyl (C=O) groups is 2. The number of carbonyl (C=O) groups excluding carboxylic acids is 2. The first-order valence-corrected chi connectivity index (χ1v) is 7.28. The molecule has 2 rings (SSSR count). The number of rotatable bonds is 5. The van der Waals surface area contributed by atoms with Crippen molar-refractivity contribution in [2.45, 2.75) is 13.3 Å². The average Bonchev–Trinajstić information content (AvgIpc) is 2.45. The lowest BCUT2D eigenvalue weighted by atomic mass is 10.1. The Morgan fingerprint density at radius 1 is 1.05 bits per heavy atom. The van der Waals surface area contributed by atoms with Crippen LogP contribution in [0.4, 0.5) is 5.69 Å². The summed E-state index contributed by atoms with van der Waals surface area (Å²) in [6.45, 7) is 1.90. The summed E-state index contributed by atoms with van der Waals surface area (Å²) >= 11 is 5.84. The second-order valence-corrected chi connectivity index (χ2v) is 5.44. The van der Waals surface area contributed by atoms with E-state index in [4.69, 9.17) is 11.6 Å². The Bertz CT molecular complexity index is 626. The number of hydrogen-bond acceptors (Lipinski definition) is 2. The highest BCUT2D eigenvalue weighted by molar-refractivity contribution is 6.30. The van der Waals surface area contributed by atoms with Crippen molar-refractivity contribution in [1.29, 1.82) is 0 Å². The summed E-state index contributed by atoms with van der Waals surface area (Å²) in [5.74, 6) is -0.480. The van der Waals surface area contributed by atoms with Crippen molar-refractivity contribution in [1.82, 2.24) is 5.32 Å². The zero-order valence-corrected chi connectivity index (χ0v) is 13.0. The van der Waals surface area contributed by atoms with Gasteiger partial charge in [-0.15, -0.1) is 0 Å². The van der Waals surface area contributed by atoms with E-state index in [2.05, 4.69) is 10.6 Å². The minimum absolute atomic E-state index is 0.0723. The van der Waals surface area contributed by atoms with Crippen LogP contribution in [-0.2, 0) is 16.0 Å². The first kappa shape index (κ1) is 16.0. The minimum Gasteiger partial charge on any atom is -0.347 e. The van der Waals surface area contributed by atoms with Crippen LogP contribution >= 0.6 is 11.6 Å². The Morgan fingerprint density at radius 2 is 1.82 bits per heavy atom. The van der Waals surface area contributed by atoms with Gasteiger partial charge in [-0.2, -0.15) is 0 Å². The molecule has 0 heterocycles. The van der Waals surface area contributed by atoms with E-state index in [0.29, 0.717) is 10.7 Å². The molecule has 0 aliphatic heterocycles. The van der Waals surface area contributed by atoms with Gasteiger partial charge >= 0.3 is 0 Å². The fourth-order valence-corrected chi connectivity index (χ4v) is 2.21. The third-order valence-electron chi connectivity index (χ3n) is 3.00. The normalized spacial score (nSPS) is 10.1. The average molecular weight is 317 g/mol. The van der Waals surface area contributed by atoms with E-state index in [9.17, 15) is 9.59 Å². The molecule has 5 heteroatoms. The second-order valence-electron chi connectivity index (χ2n) is 5.00. The fraction of sp³-hybridized carbons (Fsp3) is 0.176. The van der Waals surface area contributed by atoms with Crippen LogP contribution in [0.2, 0.25) is 5.02 Å². The molecule has 0 radical (unpaired) electrons. The van der Waals surface area contributed by atoms with Gasteiger partial charge in [0.25, 0.3) is 0 Å². The zero-order chi connectivity index (χ0) is 15.9. The summed E-state index contributed by atoms with van der Waals surface area (Å²) < 4.78 is 0. The second kappa shape index (κ2) is 7.61. The molecule has 0 atom stereocenters. The molecule has 0 bridgehead atoms. The molecule has 2 amide bonds. The van der Waals surface area contributed by atoms with Crippen molar-refractivity contribution >= 4 is 29.1 Å². The minimum atomic E-state index is -0.292. The van der Waals surface area contributed by atoms with Crippen LogP contribution in [0.3, 0.4) is 0 Å². The number of anilines is 1. The Hall–Kier alpha value is -2.33. The molecule has 0 unspecified atom stereocenters. The summed E-state index contributed by atoms with van der Waals surface area (Å²) in [6.07, 6.45) is 0.256. The van der Waals surface area contributed by atoms with Crippen LogP contribution in [0.5, 0.6) is 0 Å². The van der Waals surface area contributed by atoms with E-state index in [0.717, 1.165) is 11.1 Å². The summed E-state index contributed by atoms with van der Waals surface area (Å²) in [6, 6.07) is 14.6. The number of aryl methyl sites for hydroxylation is 1. The molecule has 0 fully saturated rings. The van der Waals surface area contributed by atoms with E-state index in [1.54, 1.807) is 24.3 Å². The zero-order valence-electron chi connectivity index (χ0n) is 12.2. The molecule has 0 aliphatic carbocycles. The maximum Gasteiger partial charge on any atom is 0.243 e. The van der Waals surface area contributed by atoms with Crippen molar-refractivity contribution in [3.05, 3.63) is 64.7 Å². The van der Waals surface area contributed by atoms with Gasteiger partial charge in [0.2, 0.25) is 11.8 Å². The summed E-state index contributed by atoms with van der Waals surface area (Å²) in [5.41, 5.74) is 2.63. The Labute approximate surface area is 134 Å². The molecule has 22 heavy (non-hydrogen) atoms. The lowest BCUT2D eigenvalue weighted by Gasteiger charge is -2.07. The van der Waals surface area contributed by atoms with Crippen molar-refractivity contribution in [2.75, 3.05) is 11.9 Å². The summed E-state index contributed by atoms with van der Waals surface area (Å²) in [7, 11) is 0. The highest BCUT2D eigenvalue weighted by Crippen LogP contribution is 2.14. The number of amides is 2. The van der Waals surface area contributed by atoms with Crippen molar-refractivity contribution < 1.29 is 9.59 Å². The van der Waals surface area contributed by atoms with Crippen molar-refractivity contribution in [3.8, 4) is 0 Å². The number of nitrogens with one attached hydrogen (secondary N) is 2. The van der Waals surface area contributed by atoms with Gasteiger partial charge in [0, 0.05) is 10.7 Å². The molecule has 4 nitrogen and oxygen atoms in total. The first-order valence-electron chi connectivity index (χ1n) is 6.90. The Morgan fingerprint density at radius 3 is 2.55 bits per heavy atom. The maximum atomic E-state index is 11.8. The van der Waals surface area contributed by atoms with Crippen LogP contribution in [0.25, 0.3) is 0 Å². The molecular weight excluding hydrogens is 300 g/mol. The van der Waals surface area contributed by atoms with Crippen LogP contribution < -0.4 is 10.6 Å². The van der Waals surface area contributed by atoms with Gasteiger partial charge in [-0.1, -0.05) is 47.5 Å². The molecule has 2 N–H and O–H groups in total. The highest BCUT2D eigenvalue weighted by Gasteiger charge is 2.07. The number of hydrogen-bond donors (Lipinski definition) is 2. The number of halogens is 1. The maximum absolute atomic E-state index is 11.8. The Kier molecular flexibility index (Phi) is 5.55. The highest BCUT2D eigenvalue weighted by atomic mass is 35.5. The lowest BCUT2D eigenvalue weighted by molar-refractivity contribution is -0.123. The monoisotopic (exact) mass is 316 g/mol. The molecular formula is C17H17ClN2O2. The Balaban J connectivity index is 1.79. The third-order valence-corrected chi connectivity index (χ3v) is 3.24. The van der Waals surface area contributed by atoms with E-state index in [1.165, 1.54) is 0 Å². The van der Waals surface area contributed by atoms with Crippen molar-refractivity contribution in [3.63, 3.8) is 0 Å². The molecule has 2 aromatic carbocycles. The lowest BCUT2D eigenvalue weighted by Crippen LogP contribution is -2.33. The third kappa shape index (κ3) is 5.22. The smallest absolute Gasteiger partial charge is 0.243 e. The largest absolute Gasteiger partial charge is 0.347 e. The number of benzene rings is 2. The first-order chi connectivity index (χ1) is 10.5. The van der Waals surface area contributed by atoms with Gasteiger partial charge in [-0.05, 0) is 30.7 Å². The summed E-state index contributed by atoms with van der Waals surface area (Å²) in [4.78, 5) is 23.6. The molecule has 0 saturated carbocycles. The SMILES string of the molecule is Cc1cccc(CC(=O)NCC(=O)Nc2cccc(Cl)c2)c1. The molecule has 2 aromatic rings. The molecule has 0 saturated heterocycles. The molecule has 0 spiro atoms. The standard InChI is InChI=1S/C17H17ClN2O2/c1-12-4-2-5-13(8-12)9-16(21)19-11-17(22)20-15-7-3-6-14(18)10-15/h2-8,10H,9,11H2,1H3,(H,19,21)(H,20,22). The van der Waals surface area contributed by atoms with E-state index in [1.807, 2.05) is 31.2 Å². The van der Waals surface area contributed by atoms with Crippen LogP contribution in [0.15, 0.2) is 48.5 Å². The van der Waals surface area contributed by atoms with Gasteiger partial charge in [-0.3, -0.25) is 9.59 Å². The van der Waals surface area contributed by atoms with Gasteiger partial charge in [0.05, 0.1) is 13.0 Å². The van der Waals surface area contributed by atoms with E-state index >= 15 is 0 Å². The van der Waals surface area contributed by atoms with Crippen LogP contribution in [0.1, 0.15) is 11.1 Å². The van der Waals surface area contributed by atoms with Crippen LogP contribution in [-0.4, -0.2) is 18.4 Å². The predicted molar refractivity (Wildman–Crippen MR) is 88.0 cm³/mol. The quantitative estimate of drug-likeness (QED) is 0.891. The van der Waals surface area contributed by atoms with E-state index in [-0.39, 0.29) is 24.8 Å². The van der Waals surface area contributed by atoms with Crippen LogP contribution in [0, 0.1) is 6.92 Å². The van der Waals surface area contributed by atoms with Gasteiger partial charge in [-0.25, -0.2) is 0 Å². The van der Waals surface area contributed by atoms with E-state index < -0.39 is 0 Å². The van der Waals surface area contributed by atoms with Crippen molar-refractivity contribution in [2.24, 2.45) is 0 Å².